The van der Waals surface area contributed by atoms with E-state index in [1.165, 1.54) is 14.2 Å². The number of hydrogen-bond acceptors (Lipinski definition) is 5. The third-order valence-corrected chi connectivity index (χ3v) is 0.919. The number of ether oxygens (including phenoxy) is 2. The molecule has 1 N–H and O–H groups in total. The van der Waals surface area contributed by atoms with Crippen molar-refractivity contribution in [1.82, 2.24) is 0 Å². The third-order valence-electron chi connectivity index (χ3n) is 0.919. The van der Waals surface area contributed by atoms with Gasteiger partial charge in [-0.3, -0.25) is 9.59 Å². The van der Waals surface area contributed by atoms with Crippen LogP contribution in [0.25, 0.3) is 0 Å². The average Bonchev–Trinajstić information content (AvgIpc) is 2.18. The molecule has 0 unspecified atom stereocenters. The highest BCUT2D eigenvalue weighted by Crippen LogP contribution is 1.85. The summed E-state index contributed by atoms with van der Waals surface area (Å²) in [7, 11) is 2.43. The molecule has 80 valence electrons. The predicted molar refractivity (Wildman–Crippen MR) is 46.5 cm³/mol. The van der Waals surface area contributed by atoms with E-state index in [1.807, 2.05) is 0 Å². The first-order valence-electron chi connectivity index (χ1n) is 3.46. The zero-order valence-corrected chi connectivity index (χ0v) is 7.98. The molecule has 0 bridgehead atoms. The Balaban J connectivity index is 0. The van der Waals surface area contributed by atoms with Crippen molar-refractivity contribution in [3.63, 3.8) is 0 Å². The summed E-state index contributed by atoms with van der Waals surface area (Å²) in [5, 5.41) is 7.60. The maximum Gasteiger partial charge on any atom is 0.327 e. The van der Waals surface area contributed by atoms with E-state index in [0.717, 1.165) is 6.08 Å². The minimum atomic E-state index is -0.981. The number of rotatable bonds is 3. The summed E-state index contributed by atoms with van der Waals surface area (Å²) in [6, 6.07) is 0. The highest BCUT2D eigenvalue weighted by molar-refractivity contribution is 5.90. The molecule has 0 aliphatic rings. The highest BCUT2D eigenvalue weighted by Gasteiger charge is 2.07. The van der Waals surface area contributed by atoms with E-state index in [9.17, 15) is 14.4 Å². The second-order valence-electron chi connectivity index (χ2n) is 1.87. The molecule has 14 heavy (non-hydrogen) atoms. The number of esters is 2. The van der Waals surface area contributed by atoms with Gasteiger partial charge in [0, 0.05) is 6.08 Å². The van der Waals surface area contributed by atoms with Crippen LogP contribution in [0.4, 0.5) is 0 Å². The minimum Gasteiger partial charge on any atom is -0.478 e. The normalized spacial score (nSPS) is 7.57. The van der Waals surface area contributed by atoms with Crippen molar-refractivity contribution in [1.29, 1.82) is 0 Å². The number of hydrogen-bond donors (Lipinski definition) is 1. The van der Waals surface area contributed by atoms with Crippen LogP contribution in [0, 0.1) is 0 Å². The standard InChI is InChI=1S/C5H8O4.C3H4O2/c1-8-4(6)3-5(7)9-2;1-2-3(4)5/h3H2,1-2H3;2H,1H2,(H,4,5). The molecule has 0 aromatic carbocycles. The lowest BCUT2D eigenvalue weighted by molar-refractivity contribution is -0.151. The average molecular weight is 204 g/mol. The van der Waals surface area contributed by atoms with E-state index in [2.05, 4.69) is 16.1 Å². The van der Waals surface area contributed by atoms with Crippen molar-refractivity contribution in [3.05, 3.63) is 12.7 Å². The van der Waals surface area contributed by atoms with Crippen LogP contribution in [-0.2, 0) is 23.9 Å². The number of carbonyl (C=O) groups is 3. The van der Waals surface area contributed by atoms with Crippen LogP contribution in [0.15, 0.2) is 12.7 Å². The summed E-state index contributed by atoms with van der Waals surface area (Å²) in [6.45, 7) is 2.96. The van der Waals surface area contributed by atoms with Crippen LogP contribution in [0.5, 0.6) is 0 Å². The molecule has 0 aromatic heterocycles. The van der Waals surface area contributed by atoms with E-state index in [1.54, 1.807) is 0 Å². The molecular formula is C8H12O6. The van der Waals surface area contributed by atoms with Crippen molar-refractivity contribution in [2.24, 2.45) is 0 Å². The Labute approximate surface area is 81.1 Å². The van der Waals surface area contributed by atoms with Crippen LogP contribution in [0.3, 0.4) is 0 Å². The number of aliphatic carboxylic acids is 1. The van der Waals surface area contributed by atoms with Gasteiger partial charge in [-0.2, -0.15) is 0 Å². The van der Waals surface area contributed by atoms with Crippen LogP contribution < -0.4 is 0 Å². The third kappa shape index (κ3) is 12.8. The molecule has 0 aromatic rings. The molecule has 0 spiro atoms. The van der Waals surface area contributed by atoms with Gasteiger partial charge in [0.2, 0.25) is 0 Å². The molecule has 0 fully saturated rings. The Morgan fingerprint density at radius 2 is 1.50 bits per heavy atom. The van der Waals surface area contributed by atoms with Gasteiger partial charge in [-0.1, -0.05) is 6.58 Å². The quantitative estimate of drug-likeness (QED) is 0.394. The molecule has 0 rings (SSSR count). The van der Waals surface area contributed by atoms with Gasteiger partial charge in [0.1, 0.15) is 6.42 Å². The lowest BCUT2D eigenvalue weighted by atomic mass is 10.4. The lowest BCUT2D eigenvalue weighted by Gasteiger charge is -1.95. The predicted octanol–water partition coefficient (Wildman–Crippen LogP) is -0.0205. The van der Waals surface area contributed by atoms with E-state index in [-0.39, 0.29) is 6.42 Å². The van der Waals surface area contributed by atoms with Crippen LogP contribution in [0.1, 0.15) is 6.42 Å². The fourth-order valence-corrected chi connectivity index (χ4v) is 0.262. The summed E-state index contributed by atoms with van der Waals surface area (Å²) in [5.74, 6) is -2.14. The molecule has 6 heteroatoms. The van der Waals surface area contributed by atoms with E-state index in [4.69, 9.17) is 5.11 Å². The minimum absolute atomic E-state index is 0.312. The van der Waals surface area contributed by atoms with Gasteiger partial charge >= 0.3 is 17.9 Å². The Morgan fingerprint density at radius 3 is 1.64 bits per heavy atom. The first kappa shape index (κ1) is 14.7. The summed E-state index contributed by atoms with van der Waals surface area (Å²) >= 11 is 0. The molecule has 0 aliphatic heterocycles. The van der Waals surface area contributed by atoms with Crippen molar-refractivity contribution in [2.75, 3.05) is 14.2 Å². The largest absolute Gasteiger partial charge is 0.478 e. The first-order chi connectivity index (χ1) is 6.47. The smallest absolute Gasteiger partial charge is 0.327 e. The summed E-state index contributed by atoms with van der Waals surface area (Å²) in [4.78, 5) is 29.8. The molecule has 0 radical (unpaired) electrons. The number of methoxy groups -OCH3 is 2. The van der Waals surface area contributed by atoms with Gasteiger partial charge in [0.15, 0.2) is 0 Å². The fraction of sp³-hybridized carbons (Fsp3) is 0.375. The van der Waals surface area contributed by atoms with Gasteiger partial charge in [-0.25, -0.2) is 4.79 Å². The highest BCUT2D eigenvalue weighted by atomic mass is 16.5. The Kier molecular flexibility index (Phi) is 9.68. The zero-order valence-electron chi connectivity index (χ0n) is 7.98. The second-order valence-corrected chi connectivity index (χ2v) is 1.87. The van der Waals surface area contributed by atoms with Gasteiger partial charge in [-0.15, -0.1) is 0 Å². The second kappa shape index (κ2) is 9.24. The Bertz CT molecular complexity index is 206. The van der Waals surface area contributed by atoms with Gasteiger partial charge < -0.3 is 14.6 Å². The van der Waals surface area contributed by atoms with Crippen LogP contribution >= 0.6 is 0 Å². The zero-order chi connectivity index (χ0) is 11.6. The number of carboxylic acids is 1. The van der Waals surface area contributed by atoms with Crippen molar-refractivity contribution >= 4 is 17.9 Å². The van der Waals surface area contributed by atoms with Crippen LogP contribution in [0.2, 0.25) is 0 Å². The van der Waals surface area contributed by atoms with Gasteiger partial charge in [0.25, 0.3) is 0 Å². The molecule has 6 nitrogen and oxygen atoms in total. The Morgan fingerprint density at radius 1 is 1.21 bits per heavy atom. The van der Waals surface area contributed by atoms with Crippen LogP contribution in [-0.4, -0.2) is 37.2 Å². The summed E-state index contributed by atoms with van der Waals surface area (Å²) in [6.07, 6.45) is 0.521. The molecule has 0 atom stereocenters. The first-order valence-corrected chi connectivity index (χ1v) is 3.46. The Hall–Kier alpha value is -1.85. The van der Waals surface area contributed by atoms with E-state index in [0.29, 0.717) is 0 Å². The van der Waals surface area contributed by atoms with Crippen molar-refractivity contribution in [3.8, 4) is 0 Å². The number of carboxylic acid groups (broad SMARTS) is 1. The molecular weight excluding hydrogens is 192 g/mol. The SMILES string of the molecule is C=CC(=O)O.COC(=O)CC(=O)OC. The molecule has 0 amide bonds. The molecule has 0 heterocycles. The lowest BCUT2D eigenvalue weighted by Crippen LogP contribution is -2.09. The number of carbonyl (C=O) groups excluding carboxylic acids is 2. The van der Waals surface area contributed by atoms with E-state index < -0.39 is 17.9 Å². The monoisotopic (exact) mass is 204 g/mol. The molecule has 0 saturated heterocycles. The summed E-state index contributed by atoms with van der Waals surface area (Å²) < 4.78 is 8.37. The fourth-order valence-electron chi connectivity index (χ4n) is 0.262. The molecule has 0 saturated carbocycles. The van der Waals surface area contributed by atoms with E-state index >= 15 is 0 Å². The molecule has 0 aliphatic carbocycles. The maximum atomic E-state index is 10.3. The van der Waals surface area contributed by atoms with Gasteiger partial charge in [0.05, 0.1) is 14.2 Å². The summed E-state index contributed by atoms with van der Waals surface area (Å²) in [5.41, 5.74) is 0. The maximum absolute atomic E-state index is 10.3. The topological polar surface area (TPSA) is 89.9 Å². The van der Waals surface area contributed by atoms with Crippen molar-refractivity contribution < 1.29 is 29.0 Å². The van der Waals surface area contributed by atoms with Gasteiger partial charge in [-0.05, 0) is 0 Å². The van der Waals surface area contributed by atoms with Crippen molar-refractivity contribution in [2.45, 2.75) is 6.42 Å².